The maximum Gasteiger partial charge on any atom is 0.268 e. The number of pyridine rings is 1. The molecule has 0 unspecified atom stereocenters. The van der Waals surface area contributed by atoms with Gasteiger partial charge in [-0.1, -0.05) is 137 Å². The Morgan fingerprint density at radius 2 is 1.43 bits per heavy atom. The number of fused-ring (bicyclic) bond motifs is 4. The van der Waals surface area contributed by atoms with Crippen LogP contribution in [0.5, 0.6) is 11.5 Å². The average Bonchev–Trinajstić information content (AvgIpc) is 3.82. The summed E-state index contributed by atoms with van der Waals surface area (Å²) in [6, 6.07) is 33.7. The minimum absolute atomic E-state index is 0. The Morgan fingerprint density at radius 3 is 2.16 bits per heavy atom. The van der Waals surface area contributed by atoms with E-state index in [1.807, 2.05) is 75.9 Å². The molecule has 5 nitrogen and oxygen atoms in total. The van der Waals surface area contributed by atoms with Crippen molar-refractivity contribution in [3.8, 4) is 39.8 Å². The molecule has 0 atom stereocenters. The second-order valence-corrected chi connectivity index (χ2v) is 16.2. The average molecular weight is 949 g/mol. The molecule has 0 fully saturated rings. The summed E-state index contributed by atoms with van der Waals surface area (Å²) in [6.45, 7) is 7.43. The van der Waals surface area contributed by atoms with E-state index in [4.69, 9.17) is 19.8 Å². The van der Waals surface area contributed by atoms with Crippen molar-refractivity contribution in [2.45, 2.75) is 66.1 Å². The van der Waals surface area contributed by atoms with Crippen molar-refractivity contribution in [1.82, 2.24) is 14.1 Å². The molecule has 0 saturated heterocycles. The van der Waals surface area contributed by atoms with Crippen LogP contribution >= 0.6 is 0 Å². The molecule has 6 heteroatoms. The Morgan fingerprint density at radius 1 is 0.724 bits per heavy atom. The number of imidazole rings is 1. The number of ether oxygens (including phenoxy) is 1. The summed E-state index contributed by atoms with van der Waals surface area (Å²) in [5.41, 5.74) is 4.99. The van der Waals surface area contributed by atoms with Gasteiger partial charge in [-0.25, -0.2) is 4.98 Å². The van der Waals surface area contributed by atoms with Crippen molar-refractivity contribution in [3.05, 3.63) is 174 Å². The SMILES string of the molecule is [2H]c1c([2H])c([2H])c(-c2cnc(-n3c4[c-]c(Oc5[c-]c(-n6[c-][n+](-c7c(C(C)(C)C)cc(C([2H])([2H])[2H])cc7C(C)(C)C)c7ccccc76)ccc5)ccc4c4ccccc43)cc2C([2H])([2H])[2H])c([2H])c1[2H].[Pt]. The molecule has 0 amide bonds. The van der Waals surface area contributed by atoms with Crippen LogP contribution in [0.25, 0.3) is 61.2 Å². The van der Waals surface area contributed by atoms with Crippen LogP contribution in [0.1, 0.15) is 78.9 Å². The Bertz CT molecular complexity index is 3440. The van der Waals surface area contributed by atoms with Gasteiger partial charge in [0.2, 0.25) is 0 Å². The first-order chi connectivity index (χ1) is 31.8. The molecule has 0 aliphatic carbocycles. The fourth-order valence-corrected chi connectivity index (χ4v) is 7.49. The standard InChI is InChI=1S/C52H46N4O.Pt/c1-34-27-43(51(3,4)5)50(44(28-34)52(6,7)8)55-33-54(46-23-14-15-24-47(46)55)37-19-16-20-38(30-37)57-39-25-26-41-40-21-12-13-22-45(40)56(48(41)31-39)49-29-35(2)42(32-53-49)36-17-10-9-11-18-36;/h9-29,32H,1-8H3;/q-2;/i1D3,2D3,9D,10D,11D,17D,18D;. The first kappa shape index (κ1) is 27.8. The van der Waals surface area contributed by atoms with Crippen LogP contribution in [0.15, 0.2) is 133 Å². The third-order valence-electron chi connectivity index (χ3n) is 10.2. The molecule has 0 aliphatic rings. The number of aromatic nitrogens is 4. The summed E-state index contributed by atoms with van der Waals surface area (Å²) in [5, 5.41) is 1.62. The fourth-order valence-electron chi connectivity index (χ4n) is 7.49. The second-order valence-electron chi connectivity index (χ2n) is 16.2. The van der Waals surface area contributed by atoms with E-state index in [0.29, 0.717) is 28.2 Å². The normalized spacial score (nSPS) is 15.2. The van der Waals surface area contributed by atoms with Crippen LogP contribution < -0.4 is 9.30 Å². The molecular formula is C52H46N4OPt-2. The number of nitrogens with zero attached hydrogens (tertiary/aromatic N) is 4. The minimum atomic E-state index is -2.76. The van der Waals surface area contributed by atoms with E-state index in [0.717, 1.165) is 38.6 Å². The van der Waals surface area contributed by atoms with Gasteiger partial charge in [0.25, 0.3) is 6.33 Å². The van der Waals surface area contributed by atoms with Gasteiger partial charge in [0.1, 0.15) is 5.82 Å². The summed E-state index contributed by atoms with van der Waals surface area (Å²) in [7, 11) is 0. The van der Waals surface area contributed by atoms with Gasteiger partial charge in [-0.2, -0.15) is 18.2 Å². The van der Waals surface area contributed by atoms with Gasteiger partial charge >= 0.3 is 0 Å². The van der Waals surface area contributed by atoms with Crippen molar-refractivity contribution >= 4 is 32.8 Å². The molecule has 0 saturated carbocycles. The summed E-state index contributed by atoms with van der Waals surface area (Å²) in [4.78, 5) is 4.67. The van der Waals surface area contributed by atoms with E-state index in [-0.39, 0.29) is 49.1 Å². The zero-order valence-corrected chi connectivity index (χ0v) is 35.1. The number of rotatable bonds is 6. The Kier molecular flexibility index (Phi) is 7.13. The number of para-hydroxylation sites is 3. The van der Waals surface area contributed by atoms with E-state index >= 15 is 0 Å². The van der Waals surface area contributed by atoms with Gasteiger partial charge in [0.15, 0.2) is 0 Å². The zero-order valence-electron chi connectivity index (χ0n) is 43.8. The molecule has 9 aromatic rings. The maximum atomic E-state index is 8.58. The summed E-state index contributed by atoms with van der Waals surface area (Å²) < 4.78 is 104. The first-order valence-corrected chi connectivity index (χ1v) is 18.7. The number of hydrogen-bond acceptors (Lipinski definition) is 2. The minimum Gasteiger partial charge on any atom is -0.510 e. The molecule has 0 radical (unpaired) electrons. The molecule has 292 valence electrons. The van der Waals surface area contributed by atoms with Crippen LogP contribution in [0.2, 0.25) is 0 Å². The van der Waals surface area contributed by atoms with Crippen LogP contribution in [-0.2, 0) is 31.9 Å². The number of hydrogen-bond donors (Lipinski definition) is 0. The second kappa shape index (κ2) is 14.9. The van der Waals surface area contributed by atoms with Gasteiger partial charge in [0, 0.05) is 58.1 Å². The molecule has 0 aliphatic heterocycles. The summed E-state index contributed by atoms with van der Waals surface area (Å²) in [5.74, 6) is 0.912. The van der Waals surface area contributed by atoms with Crippen molar-refractivity contribution in [3.63, 3.8) is 0 Å². The molecule has 9 rings (SSSR count). The van der Waals surface area contributed by atoms with Crippen molar-refractivity contribution in [2.24, 2.45) is 0 Å². The molecular weight excluding hydrogens is 892 g/mol. The smallest absolute Gasteiger partial charge is 0.268 e. The van der Waals surface area contributed by atoms with Gasteiger partial charge < -0.3 is 13.9 Å². The molecule has 3 heterocycles. The monoisotopic (exact) mass is 948 g/mol. The quantitative estimate of drug-likeness (QED) is 0.123. The summed E-state index contributed by atoms with van der Waals surface area (Å²) >= 11 is 0. The molecule has 0 N–H and O–H groups in total. The Hall–Kier alpha value is -5.77. The van der Waals surface area contributed by atoms with Crippen molar-refractivity contribution in [2.75, 3.05) is 0 Å². The predicted molar refractivity (Wildman–Crippen MR) is 232 cm³/mol. The number of benzene rings is 6. The van der Waals surface area contributed by atoms with E-state index < -0.39 is 54.7 Å². The Balaban J connectivity index is 0.00000642. The fraction of sp³-hybridized carbons (Fsp3) is 0.192. The predicted octanol–water partition coefficient (Wildman–Crippen LogP) is 12.5. The Labute approximate surface area is 371 Å². The van der Waals surface area contributed by atoms with E-state index in [2.05, 4.69) is 65.0 Å². The van der Waals surface area contributed by atoms with E-state index in [1.54, 1.807) is 28.8 Å². The van der Waals surface area contributed by atoms with Gasteiger partial charge in [0.05, 0.1) is 23.6 Å². The molecule has 0 bridgehead atoms. The van der Waals surface area contributed by atoms with Crippen LogP contribution in [0, 0.1) is 32.2 Å². The third-order valence-corrected chi connectivity index (χ3v) is 10.2. The topological polar surface area (TPSA) is 35.9 Å². The van der Waals surface area contributed by atoms with Crippen LogP contribution in [0.4, 0.5) is 0 Å². The molecule has 58 heavy (non-hydrogen) atoms. The van der Waals surface area contributed by atoms with Crippen molar-refractivity contribution < 1.29 is 45.4 Å². The molecule has 3 aromatic heterocycles. The third kappa shape index (κ3) is 6.96. The van der Waals surface area contributed by atoms with Crippen LogP contribution in [-0.4, -0.2) is 14.1 Å². The largest absolute Gasteiger partial charge is 0.510 e. The van der Waals surface area contributed by atoms with Crippen LogP contribution in [0.3, 0.4) is 0 Å². The molecule has 6 aromatic carbocycles. The van der Waals surface area contributed by atoms with E-state index in [1.165, 1.54) is 12.3 Å². The summed E-state index contributed by atoms with van der Waals surface area (Å²) in [6.07, 6.45) is 4.85. The van der Waals surface area contributed by atoms with Gasteiger partial charge in [-0.15, -0.1) is 29.7 Å². The van der Waals surface area contributed by atoms with Crippen molar-refractivity contribution in [1.29, 1.82) is 0 Å². The van der Waals surface area contributed by atoms with Gasteiger partial charge in [-0.05, 0) is 70.0 Å². The number of aryl methyl sites for hydroxylation is 2. The maximum absolute atomic E-state index is 8.58. The van der Waals surface area contributed by atoms with Gasteiger partial charge in [-0.3, -0.25) is 4.57 Å². The van der Waals surface area contributed by atoms with E-state index in [9.17, 15) is 0 Å². The zero-order chi connectivity index (χ0) is 49.0. The molecule has 0 spiro atoms. The first-order valence-electron chi connectivity index (χ1n) is 24.2.